The normalized spacial score (nSPS) is 32.7. The van der Waals surface area contributed by atoms with Crippen molar-refractivity contribution in [2.45, 2.75) is 44.7 Å². The number of nitrogens with one attached hydrogen (secondary N) is 1. The van der Waals surface area contributed by atoms with Crippen LogP contribution in [0, 0.1) is 5.41 Å². The van der Waals surface area contributed by atoms with E-state index in [1.165, 1.54) is 0 Å². The maximum atomic E-state index is 12.1. The number of halogens is 1. The van der Waals surface area contributed by atoms with Gasteiger partial charge in [-0.15, -0.1) is 11.6 Å². The van der Waals surface area contributed by atoms with E-state index in [9.17, 15) is 4.79 Å². The van der Waals surface area contributed by atoms with Gasteiger partial charge in [0.25, 0.3) is 0 Å². The fraction of sp³-hybridized carbons (Fsp3) is 0.909. The third kappa shape index (κ3) is 3.16. The first-order valence-electron chi connectivity index (χ1n) is 5.31. The molecule has 0 aliphatic carbocycles. The van der Waals surface area contributed by atoms with Crippen LogP contribution in [0.15, 0.2) is 0 Å². The van der Waals surface area contributed by atoms with Crippen molar-refractivity contribution in [2.75, 3.05) is 13.7 Å². The minimum absolute atomic E-state index is 0.0546. The summed E-state index contributed by atoms with van der Waals surface area (Å²) in [7, 11) is 1.63. The van der Waals surface area contributed by atoms with Gasteiger partial charge in [0.2, 0.25) is 0 Å². The fourth-order valence-corrected chi connectivity index (χ4v) is 2.08. The molecule has 15 heavy (non-hydrogen) atoms. The van der Waals surface area contributed by atoms with E-state index in [4.69, 9.17) is 16.3 Å². The Morgan fingerprint density at radius 1 is 1.47 bits per heavy atom. The van der Waals surface area contributed by atoms with E-state index in [2.05, 4.69) is 5.32 Å². The number of ether oxygens (including phenoxy) is 1. The molecule has 0 amide bonds. The highest BCUT2D eigenvalue weighted by molar-refractivity contribution is 6.21. The van der Waals surface area contributed by atoms with Crippen LogP contribution in [0.2, 0.25) is 0 Å². The van der Waals surface area contributed by atoms with Crippen LogP contribution in [0.5, 0.6) is 0 Å². The number of hydrogen-bond donors (Lipinski definition) is 1. The van der Waals surface area contributed by atoms with Crippen molar-refractivity contribution in [1.29, 1.82) is 0 Å². The van der Waals surface area contributed by atoms with E-state index >= 15 is 0 Å². The van der Waals surface area contributed by atoms with Crippen LogP contribution >= 0.6 is 11.6 Å². The van der Waals surface area contributed by atoms with Gasteiger partial charge in [-0.1, -0.05) is 20.8 Å². The van der Waals surface area contributed by atoms with Gasteiger partial charge in [-0.3, -0.25) is 4.79 Å². The second kappa shape index (κ2) is 4.81. The third-order valence-electron chi connectivity index (χ3n) is 2.74. The van der Waals surface area contributed by atoms with Gasteiger partial charge in [-0.2, -0.15) is 0 Å². The summed E-state index contributed by atoms with van der Waals surface area (Å²) in [6, 6.07) is -0.218. The summed E-state index contributed by atoms with van der Waals surface area (Å²) in [5, 5.41) is 3.22. The number of alkyl halides is 1. The number of hydrogen-bond acceptors (Lipinski definition) is 3. The second-order valence-electron chi connectivity index (χ2n) is 5.11. The molecule has 0 aromatic rings. The van der Waals surface area contributed by atoms with E-state index in [1.807, 2.05) is 20.8 Å². The van der Waals surface area contributed by atoms with Crippen LogP contribution in [-0.2, 0) is 9.53 Å². The van der Waals surface area contributed by atoms with E-state index in [-0.39, 0.29) is 28.7 Å². The molecule has 88 valence electrons. The number of Topliss-reactive ketones (excluding diaryl/α,β-unsaturated/α-hetero) is 1. The smallest absolute Gasteiger partial charge is 0.157 e. The summed E-state index contributed by atoms with van der Waals surface area (Å²) in [5.41, 5.74) is -0.340. The first-order valence-corrected chi connectivity index (χ1v) is 5.74. The minimum Gasteiger partial charge on any atom is -0.379 e. The monoisotopic (exact) mass is 233 g/mol. The number of ketones is 1. The fourth-order valence-electron chi connectivity index (χ4n) is 1.82. The van der Waals surface area contributed by atoms with E-state index in [0.29, 0.717) is 6.54 Å². The van der Waals surface area contributed by atoms with Gasteiger partial charge < -0.3 is 10.1 Å². The Morgan fingerprint density at radius 2 is 2.07 bits per heavy atom. The molecule has 0 aromatic heterocycles. The molecule has 4 heteroatoms. The third-order valence-corrected chi connectivity index (χ3v) is 3.08. The molecule has 0 bridgehead atoms. The number of carbonyl (C=O) groups is 1. The molecular formula is C11H20ClNO2. The summed E-state index contributed by atoms with van der Waals surface area (Å²) in [6.07, 6.45) is 0.630. The molecule has 0 saturated carbocycles. The first kappa shape index (κ1) is 12.9. The second-order valence-corrected chi connectivity index (χ2v) is 5.72. The van der Waals surface area contributed by atoms with Crippen molar-refractivity contribution >= 4 is 17.4 Å². The number of carbonyl (C=O) groups excluding carboxylic acids is 1. The molecule has 1 heterocycles. The molecule has 1 saturated heterocycles. The maximum absolute atomic E-state index is 12.1. The lowest BCUT2D eigenvalue weighted by molar-refractivity contribution is -0.132. The zero-order valence-electron chi connectivity index (χ0n) is 9.84. The molecule has 1 N–H and O–H groups in total. The summed E-state index contributed by atoms with van der Waals surface area (Å²) < 4.78 is 5.32. The predicted molar refractivity (Wildman–Crippen MR) is 61.3 cm³/mol. The quantitative estimate of drug-likeness (QED) is 0.737. The van der Waals surface area contributed by atoms with Crippen LogP contribution < -0.4 is 5.32 Å². The van der Waals surface area contributed by atoms with Crippen molar-refractivity contribution in [3.05, 3.63) is 0 Å². The molecular weight excluding hydrogens is 214 g/mol. The standard InChI is InChI=1S/C11H20ClNO2/c1-11(2,3)10(14)9-8(15-4)5-7(12)6-13-9/h7-9,13H,5-6H2,1-4H3. The van der Waals surface area contributed by atoms with Gasteiger partial charge in [0.05, 0.1) is 12.1 Å². The molecule has 3 atom stereocenters. The SMILES string of the molecule is COC1CC(Cl)CNC1C(=O)C(C)(C)C. The van der Waals surface area contributed by atoms with Gasteiger partial charge in [-0.05, 0) is 6.42 Å². The predicted octanol–water partition coefficient (Wildman–Crippen LogP) is 1.59. The number of methoxy groups -OCH3 is 1. The van der Waals surface area contributed by atoms with Crippen molar-refractivity contribution in [1.82, 2.24) is 5.32 Å². The van der Waals surface area contributed by atoms with Gasteiger partial charge in [-0.25, -0.2) is 0 Å². The zero-order valence-corrected chi connectivity index (χ0v) is 10.6. The molecule has 1 fully saturated rings. The molecule has 1 rings (SSSR count). The van der Waals surface area contributed by atoms with Gasteiger partial charge in [0.15, 0.2) is 5.78 Å². The number of piperidine rings is 1. The molecule has 0 radical (unpaired) electrons. The summed E-state index contributed by atoms with van der Waals surface area (Å²) in [4.78, 5) is 12.1. The highest BCUT2D eigenvalue weighted by atomic mass is 35.5. The average molecular weight is 234 g/mol. The highest BCUT2D eigenvalue weighted by Gasteiger charge is 2.38. The largest absolute Gasteiger partial charge is 0.379 e. The van der Waals surface area contributed by atoms with Crippen LogP contribution in [0.1, 0.15) is 27.2 Å². The lowest BCUT2D eigenvalue weighted by Gasteiger charge is -2.36. The molecule has 3 nitrogen and oxygen atoms in total. The molecule has 0 spiro atoms. The van der Waals surface area contributed by atoms with Gasteiger partial charge >= 0.3 is 0 Å². The molecule has 1 aliphatic rings. The Morgan fingerprint density at radius 3 is 2.53 bits per heavy atom. The van der Waals surface area contributed by atoms with Crippen LogP contribution in [-0.4, -0.2) is 37.0 Å². The minimum atomic E-state index is -0.340. The van der Waals surface area contributed by atoms with Gasteiger partial charge in [0.1, 0.15) is 0 Å². The Bertz CT molecular complexity index is 237. The average Bonchev–Trinajstić information content (AvgIpc) is 2.15. The summed E-state index contributed by atoms with van der Waals surface area (Å²) in [6.45, 7) is 6.46. The van der Waals surface area contributed by atoms with Crippen molar-refractivity contribution < 1.29 is 9.53 Å². The van der Waals surface area contributed by atoms with Crippen molar-refractivity contribution in [3.8, 4) is 0 Å². The van der Waals surface area contributed by atoms with Crippen molar-refractivity contribution in [3.63, 3.8) is 0 Å². The maximum Gasteiger partial charge on any atom is 0.157 e. The van der Waals surface area contributed by atoms with E-state index in [1.54, 1.807) is 7.11 Å². The first-order chi connectivity index (χ1) is 6.86. The van der Waals surface area contributed by atoms with Crippen molar-refractivity contribution in [2.24, 2.45) is 5.41 Å². The Labute approximate surface area is 96.5 Å². The van der Waals surface area contributed by atoms with E-state index in [0.717, 1.165) is 6.42 Å². The van der Waals surface area contributed by atoms with Crippen LogP contribution in [0.4, 0.5) is 0 Å². The lowest BCUT2D eigenvalue weighted by Crippen LogP contribution is -2.56. The van der Waals surface area contributed by atoms with Crippen LogP contribution in [0.3, 0.4) is 0 Å². The Hall–Kier alpha value is -0.120. The zero-order chi connectivity index (χ0) is 11.6. The van der Waals surface area contributed by atoms with Crippen LogP contribution in [0.25, 0.3) is 0 Å². The number of rotatable bonds is 2. The Kier molecular flexibility index (Phi) is 4.15. The lowest BCUT2D eigenvalue weighted by atomic mass is 9.82. The summed E-state index contributed by atoms with van der Waals surface area (Å²) >= 11 is 6.02. The topological polar surface area (TPSA) is 38.3 Å². The Balaban J connectivity index is 2.72. The molecule has 0 aromatic carbocycles. The highest BCUT2D eigenvalue weighted by Crippen LogP contribution is 2.24. The molecule has 1 aliphatic heterocycles. The van der Waals surface area contributed by atoms with Gasteiger partial charge in [0, 0.05) is 24.4 Å². The molecule has 3 unspecified atom stereocenters. The summed E-state index contributed by atoms with van der Waals surface area (Å²) in [5.74, 6) is 0.193. The van der Waals surface area contributed by atoms with E-state index < -0.39 is 0 Å².